The molecule has 0 saturated carbocycles. The molecule has 110 valence electrons. The number of aliphatic hydroxyl groups is 1. The van der Waals surface area contributed by atoms with Gasteiger partial charge < -0.3 is 14.6 Å². The van der Waals surface area contributed by atoms with E-state index in [4.69, 9.17) is 14.6 Å². The van der Waals surface area contributed by atoms with Crippen LogP contribution in [0.1, 0.15) is 24.2 Å². The highest BCUT2D eigenvalue weighted by atomic mass is 16.6. The molecule has 4 heteroatoms. The van der Waals surface area contributed by atoms with Crippen LogP contribution in [0.5, 0.6) is 5.75 Å². The molecule has 0 fully saturated rings. The third kappa shape index (κ3) is 4.07. The average Bonchev–Trinajstić information content (AvgIpc) is 2.54. The largest absolute Gasteiger partial charge is 0.474 e. The summed E-state index contributed by atoms with van der Waals surface area (Å²) in [6.45, 7) is 2.03. The molecule has 0 spiro atoms. The summed E-state index contributed by atoms with van der Waals surface area (Å²) in [4.78, 5) is 12.1. The minimum atomic E-state index is -0.800. The molecule has 1 unspecified atom stereocenters. The van der Waals surface area contributed by atoms with Crippen LogP contribution in [0, 0.1) is 0 Å². The Bertz CT molecular complexity index is 563. The number of carbonyl (C=O) groups is 1. The van der Waals surface area contributed by atoms with Crippen LogP contribution in [0.15, 0.2) is 54.6 Å². The summed E-state index contributed by atoms with van der Waals surface area (Å²) in [5, 5.41) is 9.03. The highest BCUT2D eigenvalue weighted by Gasteiger charge is 2.23. The van der Waals surface area contributed by atoms with Gasteiger partial charge in [-0.15, -0.1) is 0 Å². The molecule has 4 nitrogen and oxygen atoms in total. The van der Waals surface area contributed by atoms with Crippen molar-refractivity contribution in [1.82, 2.24) is 0 Å². The Morgan fingerprint density at radius 1 is 1.10 bits per heavy atom. The number of rotatable bonds is 6. The van der Waals surface area contributed by atoms with Gasteiger partial charge in [0.25, 0.3) is 0 Å². The second kappa shape index (κ2) is 7.45. The molecule has 1 atom stereocenters. The number of hydrogen-bond donors (Lipinski definition) is 1. The molecule has 0 radical (unpaired) electrons. The molecule has 2 rings (SSSR count). The van der Waals surface area contributed by atoms with Crippen molar-refractivity contribution in [2.45, 2.75) is 19.6 Å². The zero-order chi connectivity index (χ0) is 15.1. The van der Waals surface area contributed by atoms with Gasteiger partial charge in [-0.3, -0.25) is 0 Å². The quantitative estimate of drug-likeness (QED) is 0.830. The summed E-state index contributed by atoms with van der Waals surface area (Å²) in [7, 11) is 0. The Hall–Kier alpha value is -2.33. The second-order valence-electron chi connectivity index (χ2n) is 4.46. The Balaban J connectivity index is 2.21. The van der Waals surface area contributed by atoms with E-state index in [2.05, 4.69) is 0 Å². The van der Waals surface area contributed by atoms with Gasteiger partial charge in [0.05, 0.1) is 13.2 Å². The smallest absolute Gasteiger partial charge is 0.352 e. The third-order valence-electron chi connectivity index (χ3n) is 2.96. The number of aliphatic hydroxyl groups excluding tert-OH is 1. The molecule has 21 heavy (non-hydrogen) atoms. The van der Waals surface area contributed by atoms with E-state index < -0.39 is 12.1 Å². The van der Waals surface area contributed by atoms with Gasteiger partial charge in [0.15, 0.2) is 0 Å². The number of benzene rings is 2. The first kappa shape index (κ1) is 15.1. The zero-order valence-corrected chi connectivity index (χ0v) is 11.9. The second-order valence-corrected chi connectivity index (χ2v) is 4.46. The number of ether oxygens (including phenoxy) is 2. The molecule has 0 amide bonds. The zero-order valence-electron chi connectivity index (χ0n) is 11.9. The Morgan fingerprint density at radius 2 is 1.76 bits per heavy atom. The summed E-state index contributed by atoms with van der Waals surface area (Å²) < 4.78 is 10.8. The topological polar surface area (TPSA) is 55.8 Å². The van der Waals surface area contributed by atoms with E-state index in [1.54, 1.807) is 31.2 Å². The number of esters is 1. The van der Waals surface area contributed by atoms with Crippen molar-refractivity contribution in [3.63, 3.8) is 0 Å². The Morgan fingerprint density at radius 3 is 2.33 bits per heavy atom. The molecular formula is C17H18O4. The fourth-order valence-corrected chi connectivity index (χ4v) is 1.91. The number of hydrogen-bond acceptors (Lipinski definition) is 4. The van der Waals surface area contributed by atoms with Gasteiger partial charge in [-0.1, -0.05) is 42.5 Å². The molecule has 0 saturated heterocycles. The fraction of sp³-hybridized carbons (Fsp3) is 0.235. The highest BCUT2D eigenvalue weighted by Crippen LogP contribution is 2.23. The first-order valence-electron chi connectivity index (χ1n) is 6.82. The van der Waals surface area contributed by atoms with Crippen molar-refractivity contribution in [2.75, 3.05) is 6.61 Å². The van der Waals surface area contributed by atoms with Gasteiger partial charge in [0.1, 0.15) is 5.75 Å². The van der Waals surface area contributed by atoms with Crippen molar-refractivity contribution in [2.24, 2.45) is 0 Å². The lowest BCUT2D eigenvalue weighted by Gasteiger charge is -2.18. The summed E-state index contributed by atoms with van der Waals surface area (Å²) in [5.41, 5.74) is 1.52. The monoisotopic (exact) mass is 286 g/mol. The molecule has 0 aliphatic carbocycles. The molecule has 1 N–H and O–H groups in total. The predicted molar refractivity (Wildman–Crippen MR) is 78.8 cm³/mol. The van der Waals surface area contributed by atoms with E-state index in [1.807, 2.05) is 30.3 Å². The van der Waals surface area contributed by atoms with Crippen LogP contribution in [0.2, 0.25) is 0 Å². The van der Waals surface area contributed by atoms with Crippen LogP contribution < -0.4 is 4.74 Å². The first-order valence-corrected chi connectivity index (χ1v) is 6.82. The fourth-order valence-electron chi connectivity index (χ4n) is 1.91. The maximum atomic E-state index is 12.1. The van der Waals surface area contributed by atoms with Gasteiger partial charge >= 0.3 is 5.97 Å². The van der Waals surface area contributed by atoms with Crippen molar-refractivity contribution in [1.29, 1.82) is 0 Å². The summed E-state index contributed by atoms with van der Waals surface area (Å²) in [6, 6.07) is 16.2. The van der Waals surface area contributed by atoms with Crippen LogP contribution in [-0.4, -0.2) is 17.7 Å². The first-order chi connectivity index (χ1) is 10.2. The maximum absolute atomic E-state index is 12.1. The lowest BCUT2D eigenvalue weighted by Crippen LogP contribution is -2.21. The number of carbonyl (C=O) groups excluding carboxylic acids is 1. The van der Waals surface area contributed by atoms with E-state index in [1.165, 1.54) is 0 Å². The normalized spacial score (nSPS) is 11.7. The Labute approximate surface area is 123 Å². The average molecular weight is 286 g/mol. The highest BCUT2D eigenvalue weighted by molar-refractivity contribution is 5.77. The van der Waals surface area contributed by atoms with Crippen molar-refractivity contribution >= 4 is 5.97 Å². The molecular weight excluding hydrogens is 268 g/mol. The lowest BCUT2D eigenvalue weighted by molar-refractivity contribution is -0.151. The standard InChI is InChI=1S/C17H18O4/c1-2-20-17(19)16(14-6-4-3-5-7-14)21-15-10-8-13(12-18)9-11-15/h3-11,16,18H,2,12H2,1H3. The van der Waals surface area contributed by atoms with E-state index in [0.717, 1.165) is 11.1 Å². The van der Waals surface area contributed by atoms with Crippen molar-refractivity contribution in [3.8, 4) is 5.75 Å². The SMILES string of the molecule is CCOC(=O)C(Oc1ccc(CO)cc1)c1ccccc1. The van der Waals surface area contributed by atoms with Gasteiger partial charge in [0.2, 0.25) is 6.10 Å². The van der Waals surface area contributed by atoms with Crippen molar-refractivity contribution in [3.05, 3.63) is 65.7 Å². The van der Waals surface area contributed by atoms with E-state index in [-0.39, 0.29) is 6.61 Å². The lowest BCUT2D eigenvalue weighted by atomic mass is 10.1. The Kier molecular flexibility index (Phi) is 5.35. The minimum Gasteiger partial charge on any atom is -0.474 e. The van der Waals surface area contributed by atoms with Crippen LogP contribution in [-0.2, 0) is 16.1 Å². The molecule has 2 aromatic carbocycles. The predicted octanol–water partition coefficient (Wildman–Crippen LogP) is 2.86. The maximum Gasteiger partial charge on any atom is 0.352 e. The molecule has 0 aliphatic heterocycles. The van der Waals surface area contributed by atoms with Crippen LogP contribution in [0.25, 0.3) is 0 Å². The third-order valence-corrected chi connectivity index (χ3v) is 2.96. The molecule has 2 aromatic rings. The summed E-state index contributed by atoms with van der Waals surface area (Å²) >= 11 is 0. The molecule has 0 aliphatic rings. The van der Waals surface area contributed by atoms with Crippen LogP contribution in [0.3, 0.4) is 0 Å². The van der Waals surface area contributed by atoms with Gasteiger partial charge in [-0.05, 0) is 24.6 Å². The minimum absolute atomic E-state index is 0.0275. The van der Waals surface area contributed by atoms with Gasteiger partial charge in [-0.2, -0.15) is 0 Å². The molecule has 0 heterocycles. The van der Waals surface area contributed by atoms with Crippen LogP contribution >= 0.6 is 0 Å². The molecule has 0 bridgehead atoms. The van der Waals surface area contributed by atoms with E-state index in [0.29, 0.717) is 12.4 Å². The summed E-state index contributed by atoms with van der Waals surface area (Å²) in [5.74, 6) is 0.129. The van der Waals surface area contributed by atoms with Gasteiger partial charge in [-0.25, -0.2) is 4.79 Å². The van der Waals surface area contributed by atoms with Gasteiger partial charge in [0, 0.05) is 5.56 Å². The summed E-state index contributed by atoms with van der Waals surface area (Å²) in [6.07, 6.45) is -0.800. The van der Waals surface area contributed by atoms with E-state index >= 15 is 0 Å². The van der Waals surface area contributed by atoms with Crippen molar-refractivity contribution < 1.29 is 19.4 Å². The molecule has 0 aromatic heterocycles. The van der Waals surface area contributed by atoms with E-state index in [9.17, 15) is 4.79 Å². The van der Waals surface area contributed by atoms with Crippen LogP contribution in [0.4, 0.5) is 0 Å².